The molecule has 1 aliphatic heterocycles. The summed E-state index contributed by atoms with van der Waals surface area (Å²) in [5, 5.41) is -0.390. The van der Waals surface area contributed by atoms with Crippen LogP contribution in [0.15, 0.2) is 17.1 Å². The predicted octanol–water partition coefficient (Wildman–Crippen LogP) is 0.0431. The van der Waals surface area contributed by atoms with Crippen molar-refractivity contribution in [3.8, 4) is 5.75 Å². The molecule has 0 saturated carbocycles. The van der Waals surface area contributed by atoms with E-state index in [-0.39, 0.29) is 17.2 Å². The number of nitrogens with zero attached hydrogens (tertiary/aromatic N) is 2. The third-order valence-corrected chi connectivity index (χ3v) is 5.66. The zero-order valence-corrected chi connectivity index (χ0v) is 13.7. The molecule has 2 heterocycles. The van der Waals surface area contributed by atoms with Crippen LogP contribution >= 0.6 is 0 Å². The molecular formula is C14H20N2O5S. The largest absolute Gasteiger partial charge is 0.496 e. The minimum atomic E-state index is -3.07. The maximum atomic E-state index is 12.6. The normalized spacial score (nSPS) is 16.6. The number of ether oxygens (including phenoxy) is 1. The summed E-state index contributed by atoms with van der Waals surface area (Å²) in [7, 11) is -0.105. The number of carbonyl (C=O) groups excluding carboxylic acids is 1. The Bertz CT molecular complexity index is 730. The minimum absolute atomic E-state index is 0.235. The number of piperidine rings is 1. The van der Waals surface area contributed by atoms with Gasteiger partial charge in [0.15, 0.2) is 0 Å². The van der Waals surface area contributed by atoms with Gasteiger partial charge in [0.1, 0.15) is 15.6 Å². The number of methoxy groups -OCH3 is 1. The first-order valence-corrected chi connectivity index (χ1v) is 8.92. The van der Waals surface area contributed by atoms with E-state index in [1.165, 1.54) is 30.2 Å². The third kappa shape index (κ3) is 3.32. The molecule has 122 valence electrons. The lowest BCUT2D eigenvalue weighted by Crippen LogP contribution is -2.42. The number of hydrogen-bond donors (Lipinski definition) is 0. The van der Waals surface area contributed by atoms with Crippen LogP contribution in [0.25, 0.3) is 0 Å². The first-order chi connectivity index (χ1) is 10.2. The number of hydrogen-bond acceptors (Lipinski definition) is 5. The molecular weight excluding hydrogens is 308 g/mol. The van der Waals surface area contributed by atoms with E-state index in [0.29, 0.717) is 31.5 Å². The lowest BCUT2D eigenvalue weighted by Gasteiger charge is -2.31. The third-order valence-electron chi connectivity index (χ3n) is 3.98. The Morgan fingerprint density at radius 3 is 2.41 bits per heavy atom. The van der Waals surface area contributed by atoms with E-state index in [1.54, 1.807) is 11.9 Å². The molecule has 1 fully saturated rings. The second kappa shape index (κ2) is 6.12. The molecule has 0 spiro atoms. The number of likely N-dealkylation sites (tertiary alicyclic amines) is 1. The predicted molar refractivity (Wildman–Crippen MR) is 82.0 cm³/mol. The smallest absolute Gasteiger partial charge is 0.259 e. The van der Waals surface area contributed by atoms with Gasteiger partial charge in [0, 0.05) is 38.7 Å². The fourth-order valence-corrected chi connectivity index (χ4v) is 3.67. The van der Waals surface area contributed by atoms with Crippen LogP contribution in [0.1, 0.15) is 23.2 Å². The highest BCUT2D eigenvalue weighted by atomic mass is 32.2. The molecule has 1 aliphatic rings. The second-order valence-electron chi connectivity index (χ2n) is 5.53. The molecule has 1 amide bonds. The quantitative estimate of drug-likeness (QED) is 0.782. The molecule has 1 aromatic rings. The van der Waals surface area contributed by atoms with Gasteiger partial charge in [-0.2, -0.15) is 0 Å². The molecule has 0 aliphatic carbocycles. The lowest BCUT2D eigenvalue weighted by atomic mass is 10.1. The fourth-order valence-electron chi connectivity index (χ4n) is 2.60. The maximum Gasteiger partial charge on any atom is 0.259 e. The van der Waals surface area contributed by atoms with Crippen molar-refractivity contribution in [3.63, 3.8) is 0 Å². The topological polar surface area (TPSA) is 85.7 Å². The van der Waals surface area contributed by atoms with Crippen LogP contribution in [0.2, 0.25) is 0 Å². The lowest BCUT2D eigenvalue weighted by molar-refractivity contribution is 0.0721. The molecule has 0 unspecified atom stereocenters. The summed E-state index contributed by atoms with van der Waals surface area (Å²) in [6.45, 7) is 0.755. The van der Waals surface area contributed by atoms with Gasteiger partial charge in [-0.15, -0.1) is 0 Å². The summed E-state index contributed by atoms with van der Waals surface area (Å²) < 4.78 is 29.5. The molecule has 2 rings (SSSR count). The number of aryl methyl sites for hydroxylation is 1. The monoisotopic (exact) mass is 328 g/mol. The van der Waals surface area contributed by atoms with E-state index in [4.69, 9.17) is 4.74 Å². The minimum Gasteiger partial charge on any atom is -0.496 e. The van der Waals surface area contributed by atoms with E-state index in [9.17, 15) is 18.0 Å². The summed E-state index contributed by atoms with van der Waals surface area (Å²) in [5.41, 5.74) is 0.0478. The molecule has 22 heavy (non-hydrogen) atoms. The van der Waals surface area contributed by atoms with Crippen LogP contribution in [-0.4, -0.2) is 55.5 Å². The van der Waals surface area contributed by atoms with Gasteiger partial charge in [0.05, 0.1) is 17.9 Å². The molecule has 8 heteroatoms. The van der Waals surface area contributed by atoms with Crippen LogP contribution < -0.4 is 10.3 Å². The van der Waals surface area contributed by atoms with Gasteiger partial charge >= 0.3 is 0 Å². The molecule has 0 atom stereocenters. The number of rotatable bonds is 3. The van der Waals surface area contributed by atoms with Crippen molar-refractivity contribution in [2.24, 2.45) is 7.05 Å². The first kappa shape index (κ1) is 16.5. The SMILES string of the molecule is COc1cc(=O)n(C)cc1C(=O)N1CCC(S(C)(=O)=O)CC1. The molecule has 1 aromatic heterocycles. The number of aromatic nitrogens is 1. The van der Waals surface area contributed by atoms with Gasteiger partial charge in [-0.25, -0.2) is 8.42 Å². The molecule has 0 bridgehead atoms. The van der Waals surface area contributed by atoms with E-state index in [1.807, 2.05) is 0 Å². The highest BCUT2D eigenvalue weighted by Gasteiger charge is 2.30. The van der Waals surface area contributed by atoms with Gasteiger partial charge in [-0.1, -0.05) is 0 Å². The zero-order chi connectivity index (χ0) is 16.5. The van der Waals surface area contributed by atoms with Crippen molar-refractivity contribution < 1.29 is 17.9 Å². The Morgan fingerprint density at radius 2 is 1.91 bits per heavy atom. The molecule has 7 nitrogen and oxygen atoms in total. The number of sulfone groups is 1. The average molecular weight is 328 g/mol. The second-order valence-corrected chi connectivity index (χ2v) is 7.85. The summed E-state index contributed by atoms with van der Waals surface area (Å²) >= 11 is 0. The molecule has 0 aromatic carbocycles. The summed E-state index contributed by atoms with van der Waals surface area (Å²) in [5.74, 6) is -0.0160. The number of carbonyl (C=O) groups is 1. The van der Waals surface area contributed by atoms with E-state index in [2.05, 4.69) is 0 Å². The fraction of sp³-hybridized carbons (Fsp3) is 0.571. The summed E-state index contributed by atoms with van der Waals surface area (Å²) in [4.78, 5) is 25.8. The number of amides is 1. The summed E-state index contributed by atoms with van der Waals surface area (Å²) in [6, 6.07) is 1.27. The van der Waals surface area contributed by atoms with Crippen LogP contribution in [0.4, 0.5) is 0 Å². The highest BCUT2D eigenvalue weighted by molar-refractivity contribution is 7.91. The van der Waals surface area contributed by atoms with E-state index in [0.717, 1.165) is 0 Å². The van der Waals surface area contributed by atoms with Gasteiger partial charge in [0.25, 0.3) is 11.5 Å². The van der Waals surface area contributed by atoms with E-state index < -0.39 is 15.1 Å². The van der Waals surface area contributed by atoms with Gasteiger partial charge in [-0.05, 0) is 12.8 Å². The summed E-state index contributed by atoms with van der Waals surface area (Å²) in [6.07, 6.45) is 3.54. The van der Waals surface area contributed by atoms with Gasteiger partial charge in [0.2, 0.25) is 0 Å². The first-order valence-electron chi connectivity index (χ1n) is 6.97. The van der Waals surface area contributed by atoms with Crippen LogP contribution in [0.3, 0.4) is 0 Å². The van der Waals surface area contributed by atoms with Crippen LogP contribution in [0.5, 0.6) is 5.75 Å². The average Bonchev–Trinajstić information content (AvgIpc) is 2.48. The maximum absolute atomic E-state index is 12.6. The number of pyridine rings is 1. The Morgan fingerprint density at radius 1 is 1.32 bits per heavy atom. The van der Waals surface area contributed by atoms with Crippen molar-refractivity contribution in [2.45, 2.75) is 18.1 Å². The van der Waals surface area contributed by atoms with Crippen molar-refractivity contribution in [3.05, 3.63) is 28.2 Å². The van der Waals surface area contributed by atoms with Crippen LogP contribution in [0, 0.1) is 0 Å². The Kier molecular flexibility index (Phi) is 4.60. The van der Waals surface area contributed by atoms with Crippen molar-refractivity contribution in [1.29, 1.82) is 0 Å². The van der Waals surface area contributed by atoms with Crippen molar-refractivity contribution in [1.82, 2.24) is 9.47 Å². The zero-order valence-electron chi connectivity index (χ0n) is 12.9. The molecule has 0 N–H and O–H groups in total. The Balaban J connectivity index is 2.20. The Labute approximate surface area is 129 Å². The van der Waals surface area contributed by atoms with Gasteiger partial charge < -0.3 is 14.2 Å². The Hall–Kier alpha value is -1.83. The van der Waals surface area contributed by atoms with Crippen molar-refractivity contribution >= 4 is 15.7 Å². The van der Waals surface area contributed by atoms with Gasteiger partial charge in [-0.3, -0.25) is 9.59 Å². The molecule has 1 saturated heterocycles. The highest BCUT2D eigenvalue weighted by Crippen LogP contribution is 2.22. The molecule has 0 radical (unpaired) electrons. The standard InChI is InChI=1S/C14H20N2O5S/c1-15-9-11(12(21-2)8-13(15)17)14(18)16-6-4-10(5-7-16)22(3,19)20/h8-10H,4-7H2,1-3H3. The van der Waals surface area contributed by atoms with Crippen molar-refractivity contribution in [2.75, 3.05) is 26.5 Å². The van der Waals surface area contributed by atoms with Crippen LogP contribution in [-0.2, 0) is 16.9 Å². The van der Waals surface area contributed by atoms with E-state index >= 15 is 0 Å².